The molecule has 0 aromatic heterocycles. The number of amides is 2. The van der Waals surface area contributed by atoms with E-state index in [4.69, 9.17) is 4.74 Å². The number of likely N-dealkylation sites (tertiary alicyclic amines) is 1. The molecule has 0 spiro atoms. The molecule has 7 nitrogen and oxygen atoms in total. The highest BCUT2D eigenvalue weighted by Crippen LogP contribution is 2.44. The van der Waals surface area contributed by atoms with Crippen molar-refractivity contribution in [2.24, 2.45) is 17.8 Å². The van der Waals surface area contributed by atoms with Crippen LogP contribution in [0.4, 0.5) is 4.79 Å². The van der Waals surface area contributed by atoms with Crippen LogP contribution in [-0.2, 0) is 14.3 Å². The van der Waals surface area contributed by atoms with Gasteiger partial charge in [-0.05, 0) is 41.5 Å². The number of fused-ring (bicyclic) bond motifs is 3. The molecule has 2 aromatic carbocycles. The summed E-state index contributed by atoms with van der Waals surface area (Å²) in [6.45, 7) is 6.41. The van der Waals surface area contributed by atoms with E-state index in [0.29, 0.717) is 13.0 Å². The van der Waals surface area contributed by atoms with Gasteiger partial charge in [-0.1, -0.05) is 62.4 Å². The van der Waals surface area contributed by atoms with Crippen molar-refractivity contribution >= 4 is 18.0 Å². The number of nitrogens with one attached hydrogen (secondary N) is 1. The van der Waals surface area contributed by atoms with Crippen LogP contribution in [0.5, 0.6) is 0 Å². The average molecular weight is 465 g/mol. The zero-order valence-electron chi connectivity index (χ0n) is 19.9. The summed E-state index contributed by atoms with van der Waals surface area (Å²) in [4.78, 5) is 38.8. The van der Waals surface area contributed by atoms with E-state index in [2.05, 4.69) is 29.6 Å². The maximum Gasteiger partial charge on any atom is 0.407 e. The lowest BCUT2D eigenvalue weighted by Crippen LogP contribution is -2.46. The summed E-state index contributed by atoms with van der Waals surface area (Å²) in [6, 6.07) is 15.9. The molecule has 0 bridgehead atoms. The Hall–Kier alpha value is -3.35. The lowest BCUT2D eigenvalue weighted by Gasteiger charge is -2.30. The lowest BCUT2D eigenvalue weighted by molar-refractivity contribution is -0.143. The van der Waals surface area contributed by atoms with Gasteiger partial charge in [0.05, 0.1) is 11.8 Å². The number of carbonyl (C=O) groups excluding carboxylic acids is 2. The number of ether oxygens (including phenoxy) is 1. The second kappa shape index (κ2) is 9.87. The van der Waals surface area contributed by atoms with E-state index in [0.717, 1.165) is 22.3 Å². The molecule has 34 heavy (non-hydrogen) atoms. The van der Waals surface area contributed by atoms with Crippen LogP contribution in [0.15, 0.2) is 48.5 Å². The molecule has 180 valence electrons. The number of hydrogen-bond acceptors (Lipinski definition) is 4. The molecular formula is C27H32N2O5. The number of rotatable bonds is 7. The fourth-order valence-electron chi connectivity index (χ4n) is 5.24. The predicted molar refractivity (Wildman–Crippen MR) is 128 cm³/mol. The molecule has 7 heteroatoms. The largest absolute Gasteiger partial charge is 0.481 e. The molecule has 2 aromatic rings. The van der Waals surface area contributed by atoms with Gasteiger partial charge in [-0.2, -0.15) is 0 Å². The van der Waals surface area contributed by atoms with Crippen LogP contribution in [0.1, 0.15) is 44.2 Å². The third-order valence-electron chi connectivity index (χ3n) is 7.29. The van der Waals surface area contributed by atoms with Gasteiger partial charge >= 0.3 is 12.1 Å². The van der Waals surface area contributed by atoms with E-state index in [-0.39, 0.29) is 36.9 Å². The molecule has 2 amide bonds. The average Bonchev–Trinajstić information content (AvgIpc) is 3.35. The quantitative estimate of drug-likeness (QED) is 0.643. The van der Waals surface area contributed by atoms with Crippen LogP contribution in [-0.4, -0.2) is 53.7 Å². The van der Waals surface area contributed by atoms with Crippen molar-refractivity contribution in [2.75, 3.05) is 19.7 Å². The van der Waals surface area contributed by atoms with Crippen LogP contribution in [0.25, 0.3) is 11.1 Å². The fraction of sp³-hybridized carbons (Fsp3) is 0.444. The molecule has 1 saturated heterocycles. The van der Waals surface area contributed by atoms with E-state index in [1.807, 2.05) is 38.1 Å². The molecule has 3 atom stereocenters. The van der Waals surface area contributed by atoms with Crippen LogP contribution >= 0.6 is 0 Å². The lowest BCUT2D eigenvalue weighted by atomic mass is 9.93. The van der Waals surface area contributed by atoms with Crippen molar-refractivity contribution in [1.29, 1.82) is 0 Å². The van der Waals surface area contributed by atoms with Gasteiger partial charge in [0.2, 0.25) is 5.91 Å². The Balaban J connectivity index is 1.36. The minimum atomic E-state index is -0.874. The second-order valence-corrected chi connectivity index (χ2v) is 9.56. The van der Waals surface area contributed by atoms with Crippen LogP contribution < -0.4 is 5.32 Å². The van der Waals surface area contributed by atoms with Crippen molar-refractivity contribution in [2.45, 2.75) is 39.2 Å². The summed E-state index contributed by atoms with van der Waals surface area (Å²) in [5.41, 5.74) is 4.61. The third-order valence-corrected chi connectivity index (χ3v) is 7.29. The van der Waals surface area contributed by atoms with E-state index in [1.54, 1.807) is 11.8 Å². The molecule has 2 N–H and O–H groups in total. The van der Waals surface area contributed by atoms with Gasteiger partial charge in [0.25, 0.3) is 0 Å². The standard InChI is InChI=1S/C27H32N2O5/c1-16(2)23(25(30)29-13-12-18(17(29)3)26(31)32)14-28-27(33)34-15-24-21-10-6-4-8-19(21)20-9-5-7-11-22(20)24/h4-11,16-18,23-24H,12-15H2,1-3H3,(H,28,33)(H,31,32). The first-order valence-corrected chi connectivity index (χ1v) is 11.9. The first-order valence-electron chi connectivity index (χ1n) is 11.9. The number of carboxylic acids is 1. The zero-order valence-corrected chi connectivity index (χ0v) is 19.9. The summed E-state index contributed by atoms with van der Waals surface area (Å²) < 4.78 is 5.59. The molecule has 0 saturated carbocycles. The normalized spacial score (nSPS) is 20.1. The monoisotopic (exact) mass is 464 g/mol. The number of nitrogens with zero attached hydrogens (tertiary/aromatic N) is 1. The van der Waals surface area contributed by atoms with Crippen LogP contribution in [0, 0.1) is 17.8 Å². The van der Waals surface area contributed by atoms with E-state index < -0.39 is 23.9 Å². The molecule has 4 rings (SSSR count). The first kappa shape index (κ1) is 23.8. The number of alkyl carbamates (subject to hydrolysis) is 1. The molecule has 1 aliphatic heterocycles. The van der Waals surface area contributed by atoms with Gasteiger partial charge in [0, 0.05) is 25.0 Å². The molecule has 1 aliphatic carbocycles. The second-order valence-electron chi connectivity index (χ2n) is 9.56. The van der Waals surface area contributed by atoms with Gasteiger partial charge in [0.1, 0.15) is 6.61 Å². The van der Waals surface area contributed by atoms with E-state index >= 15 is 0 Å². The third kappa shape index (κ3) is 4.52. The molecule has 1 heterocycles. The number of hydrogen-bond donors (Lipinski definition) is 2. The Morgan fingerprint density at radius 1 is 1.06 bits per heavy atom. The zero-order chi connectivity index (χ0) is 24.4. The Morgan fingerprint density at radius 2 is 1.65 bits per heavy atom. The Morgan fingerprint density at radius 3 is 2.18 bits per heavy atom. The summed E-state index contributed by atoms with van der Waals surface area (Å²) in [6.07, 6.45) is -0.106. The van der Waals surface area contributed by atoms with E-state index in [9.17, 15) is 19.5 Å². The van der Waals surface area contributed by atoms with Gasteiger partial charge in [-0.25, -0.2) is 4.79 Å². The molecule has 1 fully saturated rings. The van der Waals surface area contributed by atoms with Crippen molar-refractivity contribution in [1.82, 2.24) is 10.2 Å². The molecule has 2 aliphatic rings. The number of carboxylic acid groups (broad SMARTS) is 1. The highest BCUT2D eigenvalue weighted by atomic mass is 16.5. The van der Waals surface area contributed by atoms with Crippen molar-refractivity contribution in [3.8, 4) is 11.1 Å². The Bertz CT molecular complexity index is 1040. The molecular weight excluding hydrogens is 432 g/mol. The number of carbonyl (C=O) groups is 3. The summed E-state index contributed by atoms with van der Waals surface area (Å²) >= 11 is 0. The van der Waals surface area contributed by atoms with Crippen LogP contribution in [0.3, 0.4) is 0 Å². The number of aliphatic carboxylic acids is 1. The van der Waals surface area contributed by atoms with Crippen molar-refractivity contribution in [3.05, 3.63) is 59.7 Å². The topological polar surface area (TPSA) is 95.9 Å². The summed E-state index contributed by atoms with van der Waals surface area (Å²) in [5.74, 6) is -2.04. The summed E-state index contributed by atoms with van der Waals surface area (Å²) in [5, 5.41) is 12.1. The predicted octanol–water partition coefficient (Wildman–Crippen LogP) is 4.12. The van der Waals surface area contributed by atoms with Crippen LogP contribution in [0.2, 0.25) is 0 Å². The minimum absolute atomic E-state index is 0.0162. The van der Waals surface area contributed by atoms with Gasteiger partial charge < -0.3 is 20.1 Å². The Labute approximate surface area is 200 Å². The van der Waals surface area contributed by atoms with Gasteiger partial charge in [-0.3, -0.25) is 9.59 Å². The Kier molecular flexibility index (Phi) is 6.91. The van der Waals surface area contributed by atoms with Gasteiger partial charge in [0.15, 0.2) is 0 Å². The summed E-state index contributed by atoms with van der Waals surface area (Å²) in [7, 11) is 0. The first-order chi connectivity index (χ1) is 16.3. The SMILES string of the molecule is CC(C)C(CNC(=O)OCC1c2ccccc2-c2ccccc21)C(=O)N1CCC(C(=O)O)C1C. The van der Waals surface area contributed by atoms with Gasteiger partial charge in [-0.15, -0.1) is 0 Å². The smallest absolute Gasteiger partial charge is 0.407 e. The number of benzene rings is 2. The highest BCUT2D eigenvalue weighted by Gasteiger charge is 2.40. The highest BCUT2D eigenvalue weighted by molar-refractivity contribution is 5.82. The molecule has 0 radical (unpaired) electrons. The maximum absolute atomic E-state index is 13.2. The van der Waals surface area contributed by atoms with Crippen molar-refractivity contribution < 1.29 is 24.2 Å². The maximum atomic E-state index is 13.2. The van der Waals surface area contributed by atoms with E-state index in [1.165, 1.54) is 0 Å². The molecule has 3 unspecified atom stereocenters. The minimum Gasteiger partial charge on any atom is -0.481 e. The fourth-order valence-corrected chi connectivity index (χ4v) is 5.24. The van der Waals surface area contributed by atoms with Crippen molar-refractivity contribution in [3.63, 3.8) is 0 Å².